The summed E-state index contributed by atoms with van der Waals surface area (Å²) in [5.74, 6) is 0. The fourth-order valence-corrected chi connectivity index (χ4v) is 0. The molecule has 0 fully saturated rings. The average Bonchev–Trinajstić information content (AvgIpc) is 1.00. The molecule has 0 nitrogen and oxygen atoms in total. The van der Waals surface area contributed by atoms with Crippen LogP contribution in [-0.4, -0.2) is 37.7 Å². The second-order valence-electron chi connectivity index (χ2n) is 0. The summed E-state index contributed by atoms with van der Waals surface area (Å²) >= 11 is 0. The first-order valence-corrected chi connectivity index (χ1v) is 0.289. The van der Waals surface area contributed by atoms with Crippen molar-refractivity contribution in [3.05, 3.63) is 6.42 Å². The van der Waals surface area contributed by atoms with Gasteiger partial charge in [-0.25, -0.2) is 0 Å². The Morgan fingerprint density at radius 1 is 1.00 bits per heavy atom. The van der Waals surface area contributed by atoms with E-state index in [4.69, 9.17) is 6.42 Å². The fourth-order valence-electron chi connectivity index (χ4n) is 0. The Balaban J connectivity index is -0.00000000500. The van der Waals surface area contributed by atoms with E-state index in [1.54, 1.807) is 0 Å². The van der Waals surface area contributed by atoms with Crippen molar-refractivity contribution in [3.8, 4) is 6.42 Å². The Hall–Kier alpha value is 0.755. The zero-order valence-electron chi connectivity index (χ0n) is 1.08. The Labute approximate surface area is 50.7 Å². The molecule has 0 aromatic rings. The van der Waals surface area contributed by atoms with E-state index in [0.29, 0.717) is 0 Å². The predicted octanol–water partition coefficient (Wildman–Crippen LogP) is -1.09. The molecular weight excluding hydrogens is 37.9 g/mol. The molecule has 13 valence electrons. The third kappa shape index (κ3) is 14.9. The number of hydrogen-bond acceptors (Lipinski definition) is 0. The van der Waals surface area contributed by atoms with E-state index in [1.807, 2.05) is 0 Å². The van der Waals surface area contributed by atoms with Crippen LogP contribution in [0.1, 0.15) is 0 Å². The Kier molecular flexibility index (Phi) is 272. The Morgan fingerprint density at radius 2 is 1.00 bits per heavy atom. The van der Waals surface area contributed by atoms with Crippen molar-refractivity contribution in [1.29, 1.82) is 0 Å². The van der Waals surface area contributed by atoms with Gasteiger partial charge in [-0.1, -0.05) is 0 Å². The summed E-state index contributed by atoms with van der Waals surface area (Å²) in [4.78, 5) is 0. The minimum atomic E-state index is 0. The third-order valence-corrected chi connectivity index (χ3v) is 0. The quantitative estimate of drug-likeness (QED) is 0.238. The Bertz CT molecular complexity index is 8.75. The molecule has 0 aromatic carbocycles. The van der Waals surface area contributed by atoms with Crippen molar-refractivity contribution in [3.63, 3.8) is 0 Å². The van der Waals surface area contributed by atoms with Crippen LogP contribution in [0.5, 0.6) is 0 Å². The van der Waals surface area contributed by atoms with Crippen LogP contribution in [-0.2, 0) is 0 Å². The van der Waals surface area contributed by atoms with Crippen LogP contribution >= 0.6 is 0 Å². The van der Waals surface area contributed by atoms with Gasteiger partial charge in [0.1, 0.15) is 0 Å². The number of hydrogen-bond donors (Lipinski definition) is 0. The zero-order chi connectivity index (χ0) is 2.00. The molecule has 0 unspecified atom stereocenters. The van der Waals surface area contributed by atoms with E-state index in [1.165, 1.54) is 0 Å². The Morgan fingerprint density at radius 3 is 1.00 bits per heavy atom. The molecule has 0 saturated carbocycles. The van der Waals surface area contributed by atoms with Crippen molar-refractivity contribution in [2.75, 3.05) is 0 Å². The summed E-state index contributed by atoms with van der Waals surface area (Å²) in [6.45, 7) is 0. The molecule has 0 aliphatic rings. The zero-order valence-corrected chi connectivity index (χ0v) is 1.08. The molecule has 0 amide bonds. The third-order valence-electron chi connectivity index (χ3n) is 0. The first-order valence-electron chi connectivity index (χ1n) is 0.289. The van der Waals surface area contributed by atoms with Crippen LogP contribution in [0.15, 0.2) is 0 Å². The maximum absolute atomic E-state index is 5.25. The first-order chi connectivity index (χ1) is 1.00. The normalized spacial score (nSPS) is 0.500. The van der Waals surface area contributed by atoms with Gasteiger partial charge in [0, 0.05) is 0 Å². The number of rotatable bonds is 0. The van der Waals surface area contributed by atoms with Crippen molar-refractivity contribution in [1.82, 2.24) is 0 Å². The van der Waals surface area contributed by atoms with Crippen LogP contribution in [0.3, 0.4) is 0 Å². The van der Waals surface area contributed by atoms with Crippen LogP contribution in [0.2, 0.25) is 0 Å². The van der Waals surface area contributed by atoms with Crippen LogP contribution in [0.4, 0.5) is 0 Å². The average molecular weight is 40.9 g/mol. The summed E-state index contributed by atoms with van der Waals surface area (Å²) in [6, 6.07) is 0. The summed E-state index contributed by atoms with van der Waals surface area (Å²) in [5.41, 5.74) is 0. The van der Waals surface area contributed by atoms with Gasteiger partial charge in [-0.05, 0) is 6.42 Å². The van der Waals surface area contributed by atoms with E-state index in [9.17, 15) is 0 Å². The molecular formula is C2H3Li2. The molecule has 2 heteroatoms. The molecule has 0 N–H and O–H groups in total. The van der Waals surface area contributed by atoms with Gasteiger partial charge < -0.3 is 0 Å². The summed E-state index contributed by atoms with van der Waals surface area (Å²) < 4.78 is 0. The molecule has 0 spiro atoms. The van der Waals surface area contributed by atoms with E-state index in [2.05, 4.69) is 6.42 Å². The van der Waals surface area contributed by atoms with Crippen molar-refractivity contribution >= 4 is 37.7 Å². The van der Waals surface area contributed by atoms with Crippen LogP contribution in [0.25, 0.3) is 0 Å². The van der Waals surface area contributed by atoms with Crippen molar-refractivity contribution in [2.24, 2.45) is 0 Å². The molecule has 4 heavy (non-hydrogen) atoms. The molecule has 0 aliphatic carbocycles. The second kappa shape index (κ2) is 50.0. The standard InChI is InChI=1S/C2H.2Li.2H/c1-2;;;;/h1H;;;;. The fraction of sp³-hybridized carbons (Fsp3) is 0. The molecule has 0 saturated heterocycles. The predicted molar refractivity (Wildman–Crippen MR) is 22.5 cm³/mol. The molecule has 0 heterocycles. The second-order valence-corrected chi connectivity index (χ2v) is 0. The summed E-state index contributed by atoms with van der Waals surface area (Å²) in [6.07, 6.45) is 9.00. The van der Waals surface area contributed by atoms with Gasteiger partial charge in [-0.15, -0.1) is 6.42 Å². The molecule has 0 aromatic heterocycles. The van der Waals surface area contributed by atoms with Crippen molar-refractivity contribution < 1.29 is 0 Å². The molecule has 0 rings (SSSR count). The first kappa shape index (κ1) is 21.8. The van der Waals surface area contributed by atoms with E-state index < -0.39 is 0 Å². The van der Waals surface area contributed by atoms with Gasteiger partial charge in [-0.3, -0.25) is 0 Å². The van der Waals surface area contributed by atoms with E-state index in [-0.39, 0.29) is 37.7 Å². The van der Waals surface area contributed by atoms with Crippen LogP contribution < -0.4 is 0 Å². The summed E-state index contributed by atoms with van der Waals surface area (Å²) in [5, 5.41) is 0. The number of terminal acetylenes is 1. The monoisotopic (exact) mass is 41.1 g/mol. The maximum atomic E-state index is 5.25. The molecule has 0 bridgehead atoms. The van der Waals surface area contributed by atoms with Gasteiger partial charge in [0.2, 0.25) is 0 Å². The minimum absolute atomic E-state index is 0. The van der Waals surface area contributed by atoms with Gasteiger partial charge in [-0.2, -0.15) is 0 Å². The van der Waals surface area contributed by atoms with Gasteiger partial charge in [0.05, 0.1) is 0 Å². The van der Waals surface area contributed by atoms with Gasteiger partial charge >= 0.3 is 37.7 Å². The van der Waals surface area contributed by atoms with Gasteiger partial charge in [0.25, 0.3) is 0 Å². The molecule has 0 aliphatic heterocycles. The van der Waals surface area contributed by atoms with Crippen LogP contribution in [0, 0.1) is 12.8 Å². The van der Waals surface area contributed by atoms with E-state index >= 15 is 0 Å². The molecule has 1 radical (unpaired) electrons. The summed E-state index contributed by atoms with van der Waals surface area (Å²) in [7, 11) is 0. The molecule has 0 atom stereocenters. The van der Waals surface area contributed by atoms with Gasteiger partial charge in [0.15, 0.2) is 0 Å². The van der Waals surface area contributed by atoms with Crippen molar-refractivity contribution in [2.45, 2.75) is 0 Å². The SMILES string of the molecule is [C]#C.[LiH].[LiH]. The van der Waals surface area contributed by atoms with E-state index in [0.717, 1.165) is 0 Å². The topological polar surface area (TPSA) is 0 Å².